The number of nitrogen functional groups attached to an aromatic ring is 1. The molecule has 28 nitrogen and oxygen atoms in total. The second-order valence-electron chi connectivity index (χ2n) is 24.5. The minimum absolute atomic E-state index is 0.0455. The topological polar surface area (TPSA) is 293 Å². The number of rotatable bonds is 10. The molecule has 0 unspecified atom stereocenters. The number of fused-ring (bicyclic) bond motifs is 4. The highest BCUT2D eigenvalue weighted by Crippen LogP contribution is 2.31. The van der Waals surface area contributed by atoms with Crippen molar-refractivity contribution < 1.29 is 18.6 Å². The molecule has 0 bridgehead atoms. The second-order valence-corrected chi connectivity index (χ2v) is 26.1. The predicted octanol–water partition coefficient (Wildman–Crippen LogP) is 5.16. The molecule has 1 aromatic carbocycles. The maximum atomic E-state index is 15.4. The highest BCUT2D eigenvalue weighted by molar-refractivity contribution is 9.10. The Kier molecular flexibility index (Phi) is 18.9. The SMILES string of the molecule is CCc1c(-c2cc(Nc3cc4n(n3)CCN(C3COC3)C4)c(=O)n(C)n2)ccnc1-n1ncc2cc(C(C)(C)C)cc(F)c2c1=O.Cn1nc(Cl)cc(Br)c1=O.Cn1nc(Cl)cc(Nc2cc3n(n2)CCN(C2COC2)C3)c1=O.Nc1cc2n(n1)CCN(C1COC1)C2. The van der Waals surface area contributed by atoms with Gasteiger partial charge in [-0.05, 0) is 63.7 Å². The second kappa shape index (κ2) is 27.1. The predicted molar refractivity (Wildman–Crippen MR) is 351 cm³/mol. The molecule has 14 heterocycles. The summed E-state index contributed by atoms with van der Waals surface area (Å²) in [5.41, 5.74) is 10.7. The molecule has 32 heteroatoms. The van der Waals surface area contributed by atoms with E-state index in [4.69, 9.17) is 48.2 Å². The van der Waals surface area contributed by atoms with Crippen LogP contribution in [-0.2, 0) is 86.5 Å². The van der Waals surface area contributed by atoms with E-state index < -0.39 is 11.4 Å². The Bertz CT molecular complexity index is 4500. The molecular weight excluding hydrogens is 1310 g/mol. The normalized spacial score (nSPS) is 16.8. The summed E-state index contributed by atoms with van der Waals surface area (Å²) in [5.74, 6) is 1.53. The smallest absolute Gasteiger partial charge is 0.290 e. The van der Waals surface area contributed by atoms with Crippen LogP contribution < -0.4 is 38.6 Å². The van der Waals surface area contributed by atoms with E-state index in [9.17, 15) is 19.2 Å². The summed E-state index contributed by atoms with van der Waals surface area (Å²) < 4.78 is 42.4. The molecule has 490 valence electrons. The number of aryl methyl sites for hydroxylation is 3. The number of anilines is 5. The zero-order valence-electron chi connectivity index (χ0n) is 52.4. The molecule has 8 aromatic heterocycles. The molecule has 6 aliphatic heterocycles. The summed E-state index contributed by atoms with van der Waals surface area (Å²) in [6.45, 7) is 20.8. The quantitative estimate of drug-likeness (QED) is 0.159. The number of halogens is 4. The van der Waals surface area contributed by atoms with Crippen LogP contribution in [0.4, 0.5) is 33.2 Å². The first-order valence-electron chi connectivity index (χ1n) is 30.4. The number of benzene rings is 1. The molecule has 3 fully saturated rings. The number of hydrogen-bond acceptors (Lipinski definition) is 21. The molecule has 0 radical (unpaired) electrons. The van der Waals surface area contributed by atoms with Crippen molar-refractivity contribution in [1.82, 2.24) is 88.1 Å². The number of aromatic nitrogens is 15. The lowest BCUT2D eigenvalue weighted by atomic mass is 9.86. The summed E-state index contributed by atoms with van der Waals surface area (Å²) in [4.78, 5) is 61.6. The van der Waals surface area contributed by atoms with Crippen LogP contribution in [-0.4, -0.2) is 166 Å². The summed E-state index contributed by atoms with van der Waals surface area (Å²) >= 11 is 14.5. The maximum Gasteiger partial charge on any atom is 0.290 e. The van der Waals surface area contributed by atoms with Gasteiger partial charge in [0.25, 0.3) is 22.2 Å². The Labute approximate surface area is 550 Å². The third-order valence-electron chi connectivity index (χ3n) is 17.1. The van der Waals surface area contributed by atoms with Crippen LogP contribution in [0.2, 0.25) is 10.3 Å². The third kappa shape index (κ3) is 14.1. The fourth-order valence-corrected chi connectivity index (χ4v) is 12.7. The van der Waals surface area contributed by atoms with Gasteiger partial charge in [0.1, 0.15) is 23.0 Å². The molecule has 3 saturated heterocycles. The molecule has 6 aliphatic rings. The average Bonchev–Trinajstić information content (AvgIpc) is 0.933. The van der Waals surface area contributed by atoms with Gasteiger partial charge in [-0.15, -0.1) is 0 Å². The number of nitrogens with zero attached hydrogens (tertiary/aromatic N) is 18. The first kappa shape index (κ1) is 65.0. The van der Waals surface area contributed by atoms with Gasteiger partial charge in [-0.25, -0.2) is 23.4 Å². The lowest BCUT2D eigenvalue weighted by molar-refractivity contribution is -0.0735. The fraction of sp³-hybridized carbons (Fsp3) is 0.443. The zero-order chi connectivity index (χ0) is 65.6. The van der Waals surface area contributed by atoms with Gasteiger partial charge in [-0.1, -0.05) is 50.9 Å². The van der Waals surface area contributed by atoms with Crippen LogP contribution in [0.15, 0.2) is 90.6 Å². The highest BCUT2D eigenvalue weighted by atomic mass is 79.9. The van der Waals surface area contributed by atoms with Gasteiger partial charge in [0.2, 0.25) is 0 Å². The van der Waals surface area contributed by atoms with E-state index in [1.165, 1.54) is 44.1 Å². The maximum absolute atomic E-state index is 15.4. The zero-order valence-corrected chi connectivity index (χ0v) is 55.5. The molecule has 9 aromatic rings. The third-order valence-corrected chi connectivity index (χ3v) is 18.0. The summed E-state index contributed by atoms with van der Waals surface area (Å²) in [6, 6.07) is 17.1. The first-order chi connectivity index (χ1) is 44.5. The van der Waals surface area contributed by atoms with Crippen LogP contribution in [0.1, 0.15) is 55.9 Å². The number of nitrogens with two attached hydrogens (primary N) is 1. The van der Waals surface area contributed by atoms with Crippen LogP contribution in [0.3, 0.4) is 0 Å². The van der Waals surface area contributed by atoms with E-state index in [0.717, 1.165) is 120 Å². The van der Waals surface area contributed by atoms with Crippen molar-refractivity contribution in [2.45, 2.75) is 96.9 Å². The standard InChI is InChI=1S/C33H36FN9O3.C14H17ClN6O2.C9H14N4O.C5H4BrClN2O/c1-6-23-24(7-8-35-30(23)43-32(45)29-19(15-36-43)11-20(12-25(29)34)33(2,3)4)26-14-27(31(44)40(5)38-26)37-28-13-21-16-41(22-17-46-18-22)9-10-42(21)39-28;1-19-14(22)11(5-12(15)17-19)16-13-4-9-6-20(10-7-23-8-10)2-3-21(9)18-13;10-9-3-7-4-12(8-5-14-6-8)1-2-13(7)11-9;1-9-5(10)3(6)2-4(7)8-9/h7-8,11-15,22H,6,9-10,16-18H2,1-5H3,(H,37,39);4-5,10H,2-3,6-8H2,1H3,(H,16,18);3,8H,1-2,4-6H2,(H2,10,11);2H,1H3. The van der Waals surface area contributed by atoms with Crippen molar-refractivity contribution in [3.05, 3.63) is 157 Å². The van der Waals surface area contributed by atoms with Gasteiger partial charge in [0.15, 0.2) is 27.8 Å². The lowest BCUT2D eigenvalue weighted by Gasteiger charge is -2.39. The number of nitrogens with one attached hydrogen (secondary N) is 2. The van der Waals surface area contributed by atoms with Crippen molar-refractivity contribution in [1.29, 1.82) is 0 Å². The highest BCUT2D eigenvalue weighted by Gasteiger charge is 2.33. The van der Waals surface area contributed by atoms with E-state index in [0.29, 0.717) is 85.2 Å². The van der Waals surface area contributed by atoms with Gasteiger partial charge < -0.3 is 30.6 Å². The molecular formula is C61H71BrCl2FN21O7. The fourth-order valence-electron chi connectivity index (χ4n) is 11.6. The van der Waals surface area contributed by atoms with Gasteiger partial charge in [-0.3, -0.25) is 47.9 Å². The van der Waals surface area contributed by atoms with Crippen LogP contribution >= 0.6 is 39.1 Å². The Morgan fingerprint density at radius 1 is 0.624 bits per heavy atom. The van der Waals surface area contributed by atoms with Gasteiger partial charge >= 0.3 is 0 Å². The van der Waals surface area contributed by atoms with Gasteiger partial charge in [-0.2, -0.15) is 40.4 Å². The molecule has 4 N–H and O–H groups in total. The number of ether oxygens (including phenoxy) is 3. The molecule has 93 heavy (non-hydrogen) atoms. The lowest BCUT2D eigenvalue weighted by Crippen LogP contribution is -2.51. The Hall–Kier alpha value is -8.07. The van der Waals surface area contributed by atoms with Crippen molar-refractivity contribution in [2.75, 3.05) is 75.6 Å². The summed E-state index contributed by atoms with van der Waals surface area (Å²) in [6.07, 6.45) is 3.53. The van der Waals surface area contributed by atoms with Crippen molar-refractivity contribution in [3.8, 4) is 17.1 Å². The Balaban J connectivity index is 0.000000144. The van der Waals surface area contributed by atoms with E-state index in [-0.39, 0.29) is 38.4 Å². The number of pyridine rings is 1. The molecule has 0 atom stereocenters. The van der Waals surface area contributed by atoms with Crippen LogP contribution in [0, 0.1) is 5.82 Å². The van der Waals surface area contributed by atoms with E-state index >= 15 is 4.39 Å². The van der Waals surface area contributed by atoms with Gasteiger partial charge in [0, 0.05) is 107 Å². The Morgan fingerprint density at radius 2 is 1.12 bits per heavy atom. The van der Waals surface area contributed by atoms with E-state index in [2.05, 4.69) is 76.8 Å². The first-order valence-corrected chi connectivity index (χ1v) is 32.0. The van der Waals surface area contributed by atoms with Crippen LogP contribution in [0.5, 0.6) is 0 Å². The molecule has 0 saturated carbocycles. The van der Waals surface area contributed by atoms with Crippen molar-refractivity contribution in [3.63, 3.8) is 0 Å². The average molecular weight is 1380 g/mol. The molecule has 0 aliphatic carbocycles. The minimum Gasteiger partial charge on any atom is -0.382 e. The van der Waals surface area contributed by atoms with E-state index in [1.807, 2.05) is 59.9 Å². The van der Waals surface area contributed by atoms with E-state index in [1.54, 1.807) is 45.5 Å². The van der Waals surface area contributed by atoms with Crippen LogP contribution in [0.25, 0.3) is 27.8 Å². The van der Waals surface area contributed by atoms with Gasteiger partial charge in [0.05, 0.1) is 116 Å². The minimum atomic E-state index is -0.599. The number of hydrogen-bond donors (Lipinski definition) is 3. The summed E-state index contributed by atoms with van der Waals surface area (Å²) in [7, 11) is 4.70. The van der Waals surface area contributed by atoms with Crippen molar-refractivity contribution in [2.24, 2.45) is 21.1 Å². The largest absolute Gasteiger partial charge is 0.382 e. The Morgan fingerprint density at radius 3 is 1.62 bits per heavy atom. The monoisotopic (exact) mass is 1380 g/mol. The van der Waals surface area contributed by atoms with Crippen molar-refractivity contribution >= 4 is 78.7 Å². The molecule has 0 spiro atoms. The summed E-state index contributed by atoms with van der Waals surface area (Å²) in [5, 5.41) is 37.2. The molecule has 0 amide bonds. The molecule has 15 rings (SSSR count).